The van der Waals surface area contributed by atoms with Gasteiger partial charge in [-0.05, 0) is 61.2 Å². The third kappa shape index (κ3) is 15.1. The number of aryl methyl sites for hydroxylation is 1. The van der Waals surface area contributed by atoms with Crippen molar-refractivity contribution in [3.05, 3.63) is 107 Å². The maximum absolute atomic E-state index is 12.2. The standard InChI is InChI=1S/C36H41N7O4.C13H22N2O3/c1-5-6-7-31-41-33-34(29-17-14-27(36(46)47-4)18-30(29)40-35(33)37)42(31)20-24-8-10-25(11-9-24)21-43(2,3)22-26-12-15-28(16-13-26)39-32(45)19-38-23-44;1-10(2)11(3)14-12(17)7-8-15(4)13(18)6-5-9-16/h8-18,23H,5-7,19-22H2,1-4H3,(H3-,37,38,39,40,44,45);5-6,9-11H,7-8H2,1-4H3,(H,14,17)/p+1/b;6-5-. The zero-order valence-corrected chi connectivity index (χ0v) is 38.9. The summed E-state index contributed by atoms with van der Waals surface area (Å²) in [4.78, 5) is 78.4. The van der Waals surface area contributed by atoms with Gasteiger partial charge in [0.1, 0.15) is 30.7 Å². The van der Waals surface area contributed by atoms with E-state index in [1.807, 2.05) is 51.1 Å². The Morgan fingerprint density at radius 3 is 2.15 bits per heavy atom. The molecule has 0 saturated heterocycles. The van der Waals surface area contributed by atoms with E-state index in [-0.39, 0.29) is 36.7 Å². The van der Waals surface area contributed by atoms with E-state index >= 15 is 0 Å². The lowest BCUT2D eigenvalue weighted by atomic mass is 10.1. The number of carbonyl (C=O) groups is 6. The maximum atomic E-state index is 12.2. The van der Waals surface area contributed by atoms with Gasteiger partial charge in [0.15, 0.2) is 5.82 Å². The molecule has 3 aromatic carbocycles. The number of allylic oxidation sites excluding steroid dienone is 1. The fourth-order valence-electron chi connectivity index (χ4n) is 7.03. The topological polar surface area (TPSA) is 208 Å². The van der Waals surface area contributed by atoms with Crippen molar-refractivity contribution in [1.29, 1.82) is 0 Å². The molecule has 0 radical (unpaired) electrons. The number of aromatic nitrogens is 3. The number of hydrogen-bond acceptors (Lipinski definition) is 10. The van der Waals surface area contributed by atoms with Crippen molar-refractivity contribution in [3.63, 3.8) is 0 Å². The number of esters is 1. The molecule has 0 bridgehead atoms. The molecule has 16 nitrogen and oxygen atoms in total. The number of nitrogens with one attached hydrogen (secondary N) is 3. The number of imidazole rings is 1. The fourth-order valence-corrected chi connectivity index (χ4v) is 7.03. The Hall–Kier alpha value is -6.94. The molecule has 1 atom stereocenters. The van der Waals surface area contributed by atoms with Crippen molar-refractivity contribution >= 4 is 69.8 Å². The molecule has 5 N–H and O–H groups in total. The van der Waals surface area contributed by atoms with Gasteiger partial charge in [-0.3, -0.25) is 24.0 Å². The lowest BCUT2D eigenvalue weighted by molar-refractivity contribution is -0.916. The molecule has 0 aliphatic rings. The number of nitrogens with zero attached hydrogens (tertiary/aromatic N) is 5. The zero-order valence-electron chi connectivity index (χ0n) is 38.9. The van der Waals surface area contributed by atoms with Crippen LogP contribution in [0, 0.1) is 5.92 Å². The van der Waals surface area contributed by atoms with Crippen LogP contribution in [0.3, 0.4) is 0 Å². The highest BCUT2D eigenvalue weighted by Gasteiger charge is 2.21. The zero-order chi connectivity index (χ0) is 47.7. The number of nitrogen functional groups attached to an aromatic ring is 1. The van der Waals surface area contributed by atoms with Crippen molar-refractivity contribution in [3.8, 4) is 0 Å². The average Bonchev–Trinajstić information content (AvgIpc) is 3.64. The predicted octanol–water partition coefficient (Wildman–Crippen LogP) is 5.56. The van der Waals surface area contributed by atoms with Crippen LogP contribution in [-0.2, 0) is 54.8 Å². The van der Waals surface area contributed by atoms with Crippen molar-refractivity contribution < 1.29 is 38.0 Å². The number of nitrogens with two attached hydrogens (primary N) is 1. The second-order valence-corrected chi connectivity index (χ2v) is 17.1. The molecule has 0 fully saturated rings. The van der Waals surface area contributed by atoms with Gasteiger partial charge >= 0.3 is 5.97 Å². The normalized spacial score (nSPS) is 11.8. The summed E-state index contributed by atoms with van der Waals surface area (Å²) >= 11 is 0. The first-order valence-corrected chi connectivity index (χ1v) is 21.8. The maximum Gasteiger partial charge on any atom is 0.337 e. The summed E-state index contributed by atoms with van der Waals surface area (Å²) in [7, 11) is 7.35. The summed E-state index contributed by atoms with van der Waals surface area (Å²) in [5, 5.41) is 8.89. The summed E-state index contributed by atoms with van der Waals surface area (Å²) in [6, 6.07) is 22.0. The van der Waals surface area contributed by atoms with Gasteiger partial charge in [-0.1, -0.05) is 63.6 Å². The molecule has 0 spiro atoms. The second kappa shape index (κ2) is 24.2. The number of ether oxygens (including phenoxy) is 1. The highest BCUT2D eigenvalue weighted by atomic mass is 16.5. The number of rotatable bonds is 21. The van der Waals surface area contributed by atoms with Crippen LogP contribution >= 0.6 is 0 Å². The average molecular weight is 891 g/mol. The molecule has 2 aromatic heterocycles. The molecule has 5 aromatic rings. The van der Waals surface area contributed by atoms with Crippen molar-refractivity contribution in [2.75, 3.05) is 52.4 Å². The lowest BCUT2D eigenvalue weighted by Gasteiger charge is -2.30. The van der Waals surface area contributed by atoms with E-state index in [0.29, 0.717) is 59.8 Å². The monoisotopic (exact) mass is 890 g/mol. The first kappa shape index (κ1) is 50.7. The number of pyridine rings is 1. The molecule has 1 unspecified atom stereocenters. The Morgan fingerprint density at radius 1 is 0.908 bits per heavy atom. The molecule has 5 rings (SSSR count). The molecule has 0 aliphatic carbocycles. The van der Waals surface area contributed by atoms with Crippen LogP contribution < -0.4 is 21.7 Å². The molecule has 2 heterocycles. The van der Waals surface area contributed by atoms with Crippen LogP contribution in [0.15, 0.2) is 78.9 Å². The van der Waals surface area contributed by atoms with E-state index in [1.165, 1.54) is 23.6 Å². The van der Waals surface area contributed by atoms with Gasteiger partial charge in [-0.2, -0.15) is 0 Å². The molecule has 0 saturated carbocycles. The number of carbonyl (C=O) groups excluding carboxylic acids is 6. The number of aldehydes is 1. The van der Waals surface area contributed by atoms with Gasteiger partial charge in [0, 0.05) is 67.3 Å². The van der Waals surface area contributed by atoms with Gasteiger partial charge in [-0.15, -0.1) is 0 Å². The molecule has 65 heavy (non-hydrogen) atoms. The number of fused-ring (bicyclic) bond motifs is 3. The summed E-state index contributed by atoms with van der Waals surface area (Å²) < 4.78 is 7.89. The van der Waals surface area contributed by atoms with Crippen LogP contribution in [0.5, 0.6) is 0 Å². The number of hydrogen-bond donors (Lipinski definition) is 4. The quantitative estimate of drug-likeness (QED) is 0.0312. The summed E-state index contributed by atoms with van der Waals surface area (Å²) in [6.45, 7) is 10.7. The fraction of sp³-hybridized carbons (Fsp3) is 0.388. The van der Waals surface area contributed by atoms with Gasteiger partial charge < -0.3 is 40.4 Å². The summed E-state index contributed by atoms with van der Waals surface area (Å²) in [6.07, 6.45) is 6.50. The highest BCUT2D eigenvalue weighted by molar-refractivity contribution is 6.08. The number of benzene rings is 3. The Kier molecular flexibility index (Phi) is 18.9. The summed E-state index contributed by atoms with van der Waals surface area (Å²) in [5.41, 5.74) is 13.3. The lowest BCUT2D eigenvalue weighted by Crippen LogP contribution is -2.38. The van der Waals surface area contributed by atoms with Crippen LogP contribution in [0.1, 0.15) is 79.8 Å². The number of anilines is 2. The van der Waals surface area contributed by atoms with E-state index in [2.05, 4.69) is 70.8 Å². The van der Waals surface area contributed by atoms with Crippen LogP contribution in [0.25, 0.3) is 21.9 Å². The van der Waals surface area contributed by atoms with E-state index in [4.69, 9.17) is 15.5 Å². The number of quaternary nitrogens is 1. The van der Waals surface area contributed by atoms with Crippen LogP contribution in [-0.4, -0.2) is 108 Å². The first-order valence-electron chi connectivity index (χ1n) is 21.8. The third-order valence-electron chi connectivity index (χ3n) is 10.9. The van der Waals surface area contributed by atoms with Gasteiger partial charge in [0.25, 0.3) is 0 Å². The van der Waals surface area contributed by atoms with Crippen LogP contribution in [0.4, 0.5) is 11.5 Å². The van der Waals surface area contributed by atoms with E-state index in [1.54, 1.807) is 19.2 Å². The largest absolute Gasteiger partial charge is 0.465 e. The predicted molar refractivity (Wildman–Crippen MR) is 253 cm³/mol. The number of unbranched alkanes of at least 4 members (excludes halogenated alkanes) is 1. The van der Waals surface area contributed by atoms with Gasteiger partial charge in [0.2, 0.25) is 24.1 Å². The van der Waals surface area contributed by atoms with E-state index in [0.717, 1.165) is 70.8 Å². The molecule has 346 valence electrons. The van der Waals surface area contributed by atoms with Crippen molar-refractivity contribution in [1.82, 2.24) is 30.1 Å². The summed E-state index contributed by atoms with van der Waals surface area (Å²) in [5.74, 6) is 0.630. The second-order valence-electron chi connectivity index (χ2n) is 17.1. The number of amides is 4. The Labute approximate surface area is 381 Å². The molecular weight excluding hydrogens is 827 g/mol. The molecular formula is C49H64N9O7+. The van der Waals surface area contributed by atoms with Crippen molar-refractivity contribution in [2.45, 2.75) is 79.1 Å². The first-order chi connectivity index (χ1) is 31.0. The Balaban J connectivity index is 0.000000435. The smallest absolute Gasteiger partial charge is 0.337 e. The van der Waals surface area contributed by atoms with Gasteiger partial charge in [0.05, 0.1) is 44.3 Å². The minimum atomic E-state index is -0.421. The Morgan fingerprint density at radius 2 is 1.55 bits per heavy atom. The highest BCUT2D eigenvalue weighted by Crippen LogP contribution is 2.31. The van der Waals surface area contributed by atoms with E-state index < -0.39 is 5.97 Å². The molecule has 16 heteroatoms. The van der Waals surface area contributed by atoms with Crippen molar-refractivity contribution in [2.24, 2.45) is 5.92 Å². The third-order valence-corrected chi connectivity index (χ3v) is 10.9. The van der Waals surface area contributed by atoms with Crippen LogP contribution in [0.2, 0.25) is 0 Å². The van der Waals surface area contributed by atoms with Gasteiger partial charge in [-0.25, -0.2) is 14.8 Å². The number of methoxy groups -OCH3 is 1. The minimum absolute atomic E-state index is 0.0604. The number of likely N-dealkylation sites (N-methyl/N-ethyl adjacent to an activating group) is 1. The van der Waals surface area contributed by atoms with E-state index in [9.17, 15) is 28.8 Å². The minimum Gasteiger partial charge on any atom is -0.465 e. The molecule has 4 amide bonds. The molecule has 0 aliphatic heterocycles. The SMILES string of the molecule is CC(C)C(C)NC(=O)CCN(C)C(=O)/C=C\C=O.CCCCc1nc2c(N)nc3cc(C(=O)OC)ccc3c2n1Cc1ccc(C[N+](C)(C)Cc2ccc(NC(=O)CNC=O)cc2)cc1. The Bertz CT molecular complexity index is 2460.